The van der Waals surface area contributed by atoms with Crippen LogP contribution in [0.25, 0.3) is 0 Å². The van der Waals surface area contributed by atoms with Crippen LogP contribution in [-0.4, -0.2) is 16.9 Å². The van der Waals surface area contributed by atoms with E-state index >= 15 is 0 Å². The van der Waals surface area contributed by atoms with Gasteiger partial charge in [-0.15, -0.1) is 22.9 Å². The number of rotatable bonds is 5. The van der Waals surface area contributed by atoms with Gasteiger partial charge in [0.2, 0.25) is 0 Å². The highest BCUT2D eigenvalue weighted by Crippen LogP contribution is 2.16. The second-order valence-electron chi connectivity index (χ2n) is 3.39. The molecule has 0 amide bonds. The number of aromatic nitrogens is 1. The molecule has 14 heavy (non-hydrogen) atoms. The van der Waals surface area contributed by atoms with E-state index in [9.17, 15) is 0 Å². The SMILES string of the molecule is CCC(CCl)NCc1nc(C)c(C)s1. The predicted molar refractivity (Wildman–Crippen MR) is 63.2 cm³/mol. The van der Waals surface area contributed by atoms with E-state index in [1.54, 1.807) is 11.3 Å². The molecule has 1 N–H and O–H groups in total. The van der Waals surface area contributed by atoms with Crippen molar-refractivity contribution >= 4 is 22.9 Å². The standard InChI is InChI=1S/C10H17ClN2S/c1-4-9(5-11)12-6-10-13-7(2)8(3)14-10/h9,12H,4-6H2,1-3H3. The average Bonchev–Trinajstić information content (AvgIpc) is 2.48. The molecule has 0 aliphatic rings. The van der Waals surface area contributed by atoms with Crippen LogP contribution in [0.1, 0.15) is 28.9 Å². The van der Waals surface area contributed by atoms with Crippen molar-refractivity contribution in [2.75, 3.05) is 5.88 Å². The molecular weight excluding hydrogens is 216 g/mol. The Labute approximate surface area is 94.7 Å². The molecule has 0 aromatic carbocycles. The van der Waals surface area contributed by atoms with Crippen LogP contribution in [0.15, 0.2) is 0 Å². The molecule has 1 aromatic rings. The number of hydrogen-bond donors (Lipinski definition) is 1. The van der Waals surface area contributed by atoms with Crippen molar-refractivity contribution in [2.45, 2.75) is 39.8 Å². The van der Waals surface area contributed by atoms with Gasteiger partial charge in [0.05, 0.1) is 5.69 Å². The second kappa shape index (κ2) is 5.69. The molecule has 0 radical (unpaired) electrons. The molecule has 80 valence electrons. The quantitative estimate of drug-likeness (QED) is 0.790. The van der Waals surface area contributed by atoms with E-state index in [-0.39, 0.29) is 0 Å². The van der Waals surface area contributed by atoms with Gasteiger partial charge in [-0.1, -0.05) is 6.92 Å². The molecule has 1 heterocycles. The van der Waals surface area contributed by atoms with Crippen molar-refractivity contribution in [2.24, 2.45) is 0 Å². The highest BCUT2D eigenvalue weighted by Gasteiger charge is 2.06. The number of alkyl halides is 1. The topological polar surface area (TPSA) is 24.9 Å². The predicted octanol–water partition coefficient (Wildman–Crippen LogP) is 2.87. The summed E-state index contributed by atoms with van der Waals surface area (Å²) in [6, 6.07) is 0.404. The third-order valence-corrected chi connectivity index (χ3v) is 3.74. The van der Waals surface area contributed by atoms with Crippen molar-refractivity contribution in [3.63, 3.8) is 0 Å². The van der Waals surface area contributed by atoms with Crippen molar-refractivity contribution in [3.05, 3.63) is 15.6 Å². The summed E-state index contributed by atoms with van der Waals surface area (Å²) in [6.07, 6.45) is 1.06. The van der Waals surface area contributed by atoms with E-state index in [4.69, 9.17) is 11.6 Å². The van der Waals surface area contributed by atoms with Crippen LogP contribution in [0.5, 0.6) is 0 Å². The molecule has 0 aliphatic heterocycles. The van der Waals surface area contributed by atoms with E-state index in [0.29, 0.717) is 11.9 Å². The first kappa shape index (κ1) is 12.0. The molecule has 2 nitrogen and oxygen atoms in total. The lowest BCUT2D eigenvalue weighted by molar-refractivity contribution is 0.537. The first-order valence-corrected chi connectivity index (χ1v) is 6.24. The van der Waals surface area contributed by atoms with Gasteiger partial charge in [0.25, 0.3) is 0 Å². The third kappa shape index (κ3) is 3.23. The summed E-state index contributed by atoms with van der Waals surface area (Å²) < 4.78 is 0. The maximum Gasteiger partial charge on any atom is 0.107 e. The van der Waals surface area contributed by atoms with Crippen molar-refractivity contribution in [3.8, 4) is 0 Å². The van der Waals surface area contributed by atoms with E-state index in [1.807, 2.05) is 6.92 Å². The van der Waals surface area contributed by atoms with Crippen LogP contribution >= 0.6 is 22.9 Å². The van der Waals surface area contributed by atoms with Crippen molar-refractivity contribution in [1.29, 1.82) is 0 Å². The van der Waals surface area contributed by atoms with Gasteiger partial charge in [-0.05, 0) is 20.3 Å². The lowest BCUT2D eigenvalue weighted by Gasteiger charge is -2.11. The zero-order chi connectivity index (χ0) is 10.6. The maximum atomic E-state index is 5.79. The second-order valence-corrected chi connectivity index (χ2v) is 4.99. The zero-order valence-electron chi connectivity index (χ0n) is 8.93. The number of aryl methyl sites for hydroxylation is 2. The van der Waals surface area contributed by atoms with E-state index in [1.165, 1.54) is 4.88 Å². The van der Waals surface area contributed by atoms with Crippen LogP contribution in [-0.2, 0) is 6.54 Å². The Balaban J connectivity index is 2.45. The van der Waals surface area contributed by atoms with Crippen LogP contribution < -0.4 is 5.32 Å². The van der Waals surface area contributed by atoms with Crippen molar-refractivity contribution in [1.82, 2.24) is 10.3 Å². The summed E-state index contributed by atoms with van der Waals surface area (Å²) in [4.78, 5) is 5.77. The van der Waals surface area contributed by atoms with Crippen LogP contribution in [0, 0.1) is 13.8 Å². The normalized spacial score (nSPS) is 13.1. The Bertz CT molecular complexity index is 262. The van der Waals surface area contributed by atoms with Crippen LogP contribution in [0.2, 0.25) is 0 Å². The molecule has 0 fully saturated rings. The Hall–Kier alpha value is -0.120. The molecule has 0 saturated carbocycles. The smallest absolute Gasteiger partial charge is 0.107 e. The lowest BCUT2D eigenvalue weighted by Crippen LogP contribution is -2.29. The Morgan fingerprint density at radius 2 is 2.21 bits per heavy atom. The van der Waals surface area contributed by atoms with Crippen LogP contribution in [0.4, 0.5) is 0 Å². The van der Waals surface area contributed by atoms with Crippen molar-refractivity contribution < 1.29 is 0 Å². The molecule has 1 unspecified atom stereocenters. The monoisotopic (exact) mass is 232 g/mol. The summed E-state index contributed by atoms with van der Waals surface area (Å²) in [5.41, 5.74) is 1.14. The number of nitrogens with zero attached hydrogens (tertiary/aromatic N) is 1. The van der Waals surface area contributed by atoms with Gasteiger partial charge in [0, 0.05) is 23.3 Å². The number of thiazole rings is 1. The van der Waals surface area contributed by atoms with Crippen LogP contribution in [0.3, 0.4) is 0 Å². The summed E-state index contributed by atoms with van der Waals surface area (Å²) in [5.74, 6) is 0.667. The molecule has 1 rings (SSSR count). The fourth-order valence-corrected chi connectivity index (χ4v) is 2.37. The van der Waals surface area contributed by atoms with Gasteiger partial charge >= 0.3 is 0 Å². The molecule has 0 spiro atoms. The summed E-state index contributed by atoms with van der Waals surface area (Å²) >= 11 is 7.55. The van der Waals surface area contributed by atoms with Gasteiger partial charge in [0.15, 0.2) is 0 Å². The highest BCUT2D eigenvalue weighted by atomic mass is 35.5. The minimum atomic E-state index is 0.404. The maximum absolute atomic E-state index is 5.79. The number of hydrogen-bond acceptors (Lipinski definition) is 3. The Morgan fingerprint density at radius 1 is 1.50 bits per heavy atom. The summed E-state index contributed by atoms with van der Waals surface area (Å²) in [7, 11) is 0. The van der Waals surface area contributed by atoms with Gasteiger partial charge < -0.3 is 5.32 Å². The molecule has 4 heteroatoms. The minimum absolute atomic E-state index is 0.404. The highest BCUT2D eigenvalue weighted by molar-refractivity contribution is 7.11. The number of nitrogens with one attached hydrogen (secondary N) is 1. The summed E-state index contributed by atoms with van der Waals surface area (Å²) in [6.45, 7) is 7.13. The molecule has 1 atom stereocenters. The molecule has 0 bridgehead atoms. The fraction of sp³-hybridized carbons (Fsp3) is 0.700. The van der Waals surface area contributed by atoms with E-state index < -0.39 is 0 Å². The third-order valence-electron chi connectivity index (χ3n) is 2.29. The zero-order valence-corrected chi connectivity index (χ0v) is 10.5. The van der Waals surface area contributed by atoms with Gasteiger partial charge in [-0.3, -0.25) is 0 Å². The molecule has 0 aliphatic carbocycles. The van der Waals surface area contributed by atoms with Gasteiger partial charge in [0.1, 0.15) is 5.01 Å². The molecule has 0 saturated heterocycles. The summed E-state index contributed by atoms with van der Waals surface area (Å²) in [5, 5.41) is 4.55. The Morgan fingerprint density at radius 3 is 2.64 bits per heavy atom. The van der Waals surface area contributed by atoms with Gasteiger partial charge in [-0.2, -0.15) is 0 Å². The minimum Gasteiger partial charge on any atom is -0.306 e. The first-order valence-electron chi connectivity index (χ1n) is 4.89. The molecular formula is C10H17ClN2S. The fourth-order valence-electron chi connectivity index (χ4n) is 1.15. The van der Waals surface area contributed by atoms with E-state index in [0.717, 1.165) is 23.7 Å². The van der Waals surface area contributed by atoms with Gasteiger partial charge in [-0.25, -0.2) is 4.98 Å². The lowest BCUT2D eigenvalue weighted by atomic mass is 10.2. The van der Waals surface area contributed by atoms with E-state index in [2.05, 4.69) is 24.1 Å². The molecule has 1 aromatic heterocycles. The Kier molecular flexibility index (Phi) is 4.85. The largest absolute Gasteiger partial charge is 0.306 e. The number of halogens is 1. The average molecular weight is 233 g/mol. The first-order chi connectivity index (χ1) is 6.67.